The molecule has 1 unspecified atom stereocenters. The third kappa shape index (κ3) is 6.56. The van der Waals surface area contributed by atoms with Crippen LogP contribution in [0.5, 0.6) is 0 Å². The second-order valence-corrected chi connectivity index (χ2v) is 3.55. The Hall–Kier alpha value is -1.58. The molecule has 0 aromatic heterocycles. The van der Waals surface area contributed by atoms with Crippen molar-refractivity contribution >= 4 is 11.8 Å². The lowest BCUT2D eigenvalue weighted by Gasteiger charge is -2.19. The Balaban J connectivity index is 3.99. The minimum atomic E-state index is -0.753. The monoisotopic (exact) mass is 241 g/mol. The zero-order chi connectivity index (χ0) is 13.3. The van der Waals surface area contributed by atoms with Crippen molar-refractivity contribution < 1.29 is 14.3 Å². The van der Waals surface area contributed by atoms with E-state index in [4.69, 9.17) is 16.9 Å². The Kier molecular flexibility index (Phi) is 7.76. The lowest BCUT2D eigenvalue weighted by molar-refractivity contribution is -0.135. The van der Waals surface area contributed by atoms with Crippen molar-refractivity contribution in [3.8, 4) is 12.3 Å². The fourth-order valence-corrected chi connectivity index (χ4v) is 1.14. The zero-order valence-electron chi connectivity index (χ0n) is 10.2. The first-order valence-corrected chi connectivity index (χ1v) is 5.22. The fraction of sp³-hybridized carbons (Fsp3) is 0.636. The highest BCUT2D eigenvalue weighted by atomic mass is 16.5. The summed E-state index contributed by atoms with van der Waals surface area (Å²) in [5, 5.41) is 2.60. The highest BCUT2D eigenvalue weighted by Gasteiger charge is 2.18. The predicted molar refractivity (Wildman–Crippen MR) is 63.9 cm³/mol. The molecule has 0 rings (SSSR count). The van der Waals surface area contributed by atoms with Gasteiger partial charge in [-0.15, -0.1) is 12.3 Å². The number of carbonyl (C=O) groups excluding carboxylic acids is 2. The average molecular weight is 241 g/mol. The van der Waals surface area contributed by atoms with Crippen molar-refractivity contribution in [2.24, 2.45) is 5.73 Å². The number of methoxy groups -OCH3 is 1. The van der Waals surface area contributed by atoms with Gasteiger partial charge in [0.05, 0.1) is 19.2 Å². The van der Waals surface area contributed by atoms with E-state index in [9.17, 15) is 9.59 Å². The Morgan fingerprint density at radius 3 is 2.76 bits per heavy atom. The van der Waals surface area contributed by atoms with Crippen LogP contribution in [-0.4, -0.2) is 56.6 Å². The van der Waals surface area contributed by atoms with Gasteiger partial charge in [0.25, 0.3) is 0 Å². The van der Waals surface area contributed by atoms with E-state index >= 15 is 0 Å². The number of likely N-dealkylation sites (N-methyl/N-ethyl adjacent to an activating group) is 1. The molecule has 0 aliphatic rings. The summed E-state index contributed by atoms with van der Waals surface area (Å²) in [6.45, 7) is 0.800. The highest BCUT2D eigenvalue weighted by molar-refractivity contribution is 5.87. The molecule has 2 amide bonds. The van der Waals surface area contributed by atoms with Gasteiger partial charge in [-0.05, 0) is 0 Å². The summed E-state index contributed by atoms with van der Waals surface area (Å²) >= 11 is 0. The van der Waals surface area contributed by atoms with E-state index in [-0.39, 0.29) is 24.8 Å². The van der Waals surface area contributed by atoms with E-state index in [0.717, 1.165) is 0 Å². The molecule has 0 saturated carbocycles. The van der Waals surface area contributed by atoms with Gasteiger partial charge in [-0.1, -0.05) is 0 Å². The van der Waals surface area contributed by atoms with E-state index in [1.807, 2.05) is 0 Å². The largest absolute Gasteiger partial charge is 0.383 e. The van der Waals surface area contributed by atoms with Gasteiger partial charge in [0, 0.05) is 27.1 Å². The fourth-order valence-electron chi connectivity index (χ4n) is 1.14. The van der Waals surface area contributed by atoms with Gasteiger partial charge in [-0.2, -0.15) is 0 Å². The normalized spacial score (nSPS) is 11.4. The molecule has 0 aliphatic carbocycles. The molecule has 1 atom stereocenters. The zero-order valence-corrected chi connectivity index (χ0v) is 10.2. The first kappa shape index (κ1) is 15.4. The lowest BCUT2D eigenvalue weighted by Crippen LogP contribution is -2.46. The molecule has 3 N–H and O–H groups in total. The van der Waals surface area contributed by atoms with Gasteiger partial charge in [0.15, 0.2) is 0 Å². The molecule has 0 aromatic carbocycles. The molecule has 6 nitrogen and oxygen atoms in total. The number of rotatable bonds is 7. The average Bonchev–Trinajstić information content (AvgIpc) is 2.28. The van der Waals surface area contributed by atoms with Crippen molar-refractivity contribution in [2.75, 3.05) is 33.9 Å². The predicted octanol–water partition coefficient (Wildman–Crippen LogP) is -1.44. The van der Waals surface area contributed by atoms with E-state index in [0.29, 0.717) is 13.2 Å². The number of amides is 2. The van der Waals surface area contributed by atoms with E-state index in [1.54, 1.807) is 7.11 Å². The van der Waals surface area contributed by atoms with Crippen molar-refractivity contribution in [2.45, 2.75) is 12.5 Å². The molecule has 0 heterocycles. The summed E-state index contributed by atoms with van der Waals surface area (Å²) < 4.78 is 4.78. The maximum Gasteiger partial charge on any atom is 0.240 e. The van der Waals surface area contributed by atoms with E-state index in [1.165, 1.54) is 11.9 Å². The van der Waals surface area contributed by atoms with E-state index in [2.05, 4.69) is 11.2 Å². The molecule has 0 spiro atoms. The number of nitrogens with two attached hydrogens (primary N) is 1. The molecule has 0 bridgehead atoms. The van der Waals surface area contributed by atoms with Crippen LogP contribution in [0.15, 0.2) is 0 Å². The van der Waals surface area contributed by atoms with Crippen LogP contribution in [0.3, 0.4) is 0 Å². The second kappa shape index (κ2) is 8.56. The Bertz CT molecular complexity index is 299. The molecular weight excluding hydrogens is 222 g/mol. The van der Waals surface area contributed by atoms with Crippen molar-refractivity contribution in [1.29, 1.82) is 0 Å². The van der Waals surface area contributed by atoms with Gasteiger partial charge in [0.2, 0.25) is 11.8 Å². The third-order valence-corrected chi connectivity index (χ3v) is 2.04. The first-order valence-electron chi connectivity index (χ1n) is 5.22. The second-order valence-electron chi connectivity index (χ2n) is 3.55. The molecule has 0 aromatic rings. The Morgan fingerprint density at radius 1 is 1.59 bits per heavy atom. The maximum atomic E-state index is 11.6. The molecule has 0 saturated heterocycles. The minimum absolute atomic E-state index is 0.0409. The van der Waals surface area contributed by atoms with Crippen molar-refractivity contribution in [3.63, 3.8) is 0 Å². The molecule has 0 aliphatic heterocycles. The minimum Gasteiger partial charge on any atom is -0.383 e. The number of nitrogens with zero attached hydrogens (tertiary/aromatic N) is 1. The SMILES string of the molecule is C#CCC(N)C(=O)N(C)CC(=O)NCCOC. The van der Waals surface area contributed by atoms with Crippen molar-refractivity contribution in [1.82, 2.24) is 10.2 Å². The summed E-state index contributed by atoms with van der Waals surface area (Å²) in [7, 11) is 3.05. The quantitative estimate of drug-likeness (QED) is 0.422. The van der Waals surface area contributed by atoms with Gasteiger partial charge >= 0.3 is 0 Å². The van der Waals surface area contributed by atoms with Crippen LogP contribution in [0.4, 0.5) is 0 Å². The number of ether oxygens (including phenoxy) is 1. The molecule has 0 radical (unpaired) electrons. The number of hydrogen-bond donors (Lipinski definition) is 2. The molecule has 6 heteroatoms. The summed E-state index contributed by atoms with van der Waals surface area (Å²) in [5.74, 6) is 1.71. The number of hydrogen-bond acceptors (Lipinski definition) is 4. The summed E-state index contributed by atoms with van der Waals surface area (Å²) in [6.07, 6.45) is 5.22. The van der Waals surface area contributed by atoms with Gasteiger partial charge in [-0.25, -0.2) is 0 Å². The summed E-state index contributed by atoms with van der Waals surface area (Å²) in [6, 6.07) is -0.753. The van der Waals surface area contributed by atoms with Crippen LogP contribution in [-0.2, 0) is 14.3 Å². The lowest BCUT2D eigenvalue weighted by atomic mass is 10.2. The number of carbonyl (C=O) groups is 2. The summed E-state index contributed by atoms with van der Waals surface area (Å²) in [5.41, 5.74) is 5.54. The van der Waals surface area contributed by atoms with Crippen LogP contribution in [0, 0.1) is 12.3 Å². The molecular formula is C11H19N3O3. The molecule has 96 valence electrons. The van der Waals surface area contributed by atoms with Gasteiger partial charge in [0.1, 0.15) is 0 Å². The van der Waals surface area contributed by atoms with Crippen LogP contribution in [0.2, 0.25) is 0 Å². The van der Waals surface area contributed by atoms with E-state index < -0.39 is 6.04 Å². The van der Waals surface area contributed by atoms with Crippen LogP contribution < -0.4 is 11.1 Å². The molecule has 0 fully saturated rings. The molecule has 17 heavy (non-hydrogen) atoms. The Labute approximate surface area is 101 Å². The van der Waals surface area contributed by atoms with Crippen LogP contribution in [0.1, 0.15) is 6.42 Å². The van der Waals surface area contributed by atoms with Crippen LogP contribution in [0.25, 0.3) is 0 Å². The van der Waals surface area contributed by atoms with Crippen molar-refractivity contribution in [3.05, 3.63) is 0 Å². The Morgan fingerprint density at radius 2 is 2.24 bits per heavy atom. The number of terminal acetylenes is 1. The van der Waals surface area contributed by atoms with Gasteiger partial charge in [-0.3, -0.25) is 9.59 Å². The topological polar surface area (TPSA) is 84.7 Å². The van der Waals surface area contributed by atoms with Crippen LogP contribution >= 0.6 is 0 Å². The maximum absolute atomic E-state index is 11.6. The van der Waals surface area contributed by atoms with Gasteiger partial charge < -0.3 is 20.7 Å². The smallest absolute Gasteiger partial charge is 0.240 e. The summed E-state index contributed by atoms with van der Waals surface area (Å²) in [4.78, 5) is 24.2. The standard InChI is InChI=1S/C11H19N3O3/c1-4-5-9(12)11(16)14(2)8-10(15)13-6-7-17-3/h1,9H,5-8,12H2,2-3H3,(H,13,15). The highest BCUT2D eigenvalue weighted by Crippen LogP contribution is 1.93. The number of nitrogens with one attached hydrogen (secondary N) is 1. The first-order chi connectivity index (χ1) is 8.02. The third-order valence-electron chi connectivity index (χ3n) is 2.04.